The van der Waals surface area contributed by atoms with E-state index in [4.69, 9.17) is 11.0 Å². The van der Waals surface area contributed by atoms with Crippen molar-refractivity contribution in [1.29, 1.82) is 5.26 Å². The van der Waals surface area contributed by atoms with Gasteiger partial charge in [0, 0.05) is 24.0 Å². The SMILES string of the molecule is Cc1cc(N)cc(N(CCC#N)C(C)C)c1. The quantitative estimate of drug-likeness (QED) is 0.789. The predicted octanol–water partition coefficient (Wildman–Crippen LogP) is 2.71. The number of nitrogen functional groups attached to an aromatic ring is 1. The molecule has 0 aliphatic heterocycles. The molecule has 1 rings (SSSR count). The van der Waals surface area contributed by atoms with Gasteiger partial charge in [-0.15, -0.1) is 0 Å². The molecular weight excluding hydrogens is 198 g/mol. The van der Waals surface area contributed by atoms with E-state index in [0.29, 0.717) is 12.5 Å². The number of hydrogen-bond donors (Lipinski definition) is 1. The fourth-order valence-electron chi connectivity index (χ4n) is 1.81. The molecule has 0 saturated carbocycles. The molecule has 0 amide bonds. The largest absolute Gasteiger partial charge is 0.399 e. The topological polar surface area (TPSA) is 53.0 Å². The van der Waals surface area contributed by atoms with E-state index in [2.05, 4.69) is 30.9 Å². The lowest BCUT2D eigenvalue weighted by molar-refractivity contribution is 0.686. The molecule has 0 spiro atoms. The molecule has 0 heterocycles. The van der Waals surface area contributed by atoms with E-state index in [1.54, 1.807) is 0 Å². The van der Waals surface area contributed by atoms with Crippen molar-refractivity contribution in [3.05, 3.63) is 23.8 Å². The van der Waals surface area contributed by atoms with Crippen molar-refractivity contribution in [2.45, 2.75) is 33.2 Å². The number of benzene rings is 1. The lowest BCUT2D eigenvalue weighted by atomic mass is 10.1. The molecule has 0 aromatic heterocycles. The number of nitrogens with zero attached hydrogens (tertiary/aromatic N) is 2. The van der Waals surface area contributed by atoms with Crippen molar-refractivity contribution >= 4 is 11.4 Å². The van der Waals surface area contributed by atoms with Crippen LogP contribution in [0.15, 0.2) is 18.2 Å². The Morgan fingerprint density at radius 2 is 2.06 bits per heavy atom. The van der Waals surface area contributed by atoms with Gasteiger partial charge in [0.2, 0.25) is 0 Å². The first-order chi connectivity index (χ1) is 7.54. The van der Waals surface area contributed by atoms with E-state index >= 15 is 0 Å². The monoisotopic (exact) mass is 217 g/mol. The normalized spacial score (nSPS) is 10.2. The van der Waals surface area contributed by atoms with E-state index in [9.17, 15) is 0 Å². The van der Waals surface area contributed by atoms with Crippen molar-refractivity contribution in [3.8, 4) is 6.07 Å². The Morgan fingerprint density at radius 3 is 2.56 bits per heavy atom. The van der Waals surface area contributed by atoms with Gasteiger partial charge in [-0.1, -0.05) is 0 Å². The summed E-state index contributed by atoms with van der Waals surface area (Å²) in [4.78, 5) is 2.20. The highest BCUT2D eigenvalue weighted by atomic mass is 15.1. The Balaban J connectivity index is 2.96. The number of nitriles is 1. The molecule has 0 aliphatic carbocycles. The summed E-state index contributed by atoms with van der Waals surface area (Å²) in [5, 5.41) is 8.65. The van der Waals surface area contributed by atoms with Gasteiger partial charge in [0.25, 0.3) is 0 Å². The van der Waals surface area contributed by atoms with Crippen LogP contribution in [0, 0.1) is 18.3 Å². The molecule has 3 nitrogen and oxygen atoms in total. The molecule has 3 heteroatoms. The lowest BCUT2D eigenvalue weighted by Crippen LogP contribution is -2.31. The Hall–Kier alpha value is -1.69. The molecule has 16 heavy (non-hydrogen) atoms. The number of nitrogens with two attached hydrogens (primary N) is 1. The molecule has 0 unspecified atom stereocenters. The molecule has 0 aliphatic rings. The van der Waals surface area contributed by atoms with Crippen LogP contribution in [0.25, 0.3) is 0 Å². The van der Waals surface area contributed by atoms with Crippen LogP contribution >= 0.6 is 0 Å². The van der Waals surface area contributed by atoms with Gasteiger partial charge in [0.05, 0.1) is 12.5 Å². The highest BCUT2D eigenvalue weighted by molar-refractivity contribution is 5.58. The summed E-state index contributed by atoms with van der Waals surface area (Å²) in [6, 6.07) is 8.57. The van der Waals surface area contributed by atoms with Crippen LogP contribution in [0.1, 0.15) is 25.8 Å². The van der Waals surface area contributed by atoms with Crippen LogP contribution in [0.5, 0.6) is 0 Å². The standard InChI is InChI=1S/C13H19N3/c1-10(2)16(6-4-5-14)13-8-11(3)7-12(15)9-13/h7-10H,4,6,15H2,1-3H3. The number of anilines is 2. The molecule has 0 atom stereocenters. The summed E-state index contributed by atoms with van der Waals surface area (Å²) in [6.07, 6.45) is 0.534. The van der Waals surface area contributed by atoms with Crippen LogP contribution in [0.3, 0.4) is 0 Å². The minimum Gasteiger partial charge on any atom is -0.399 e. The average Bonchev–Trinajstić information content (AvgIpc) is 2.16. The van der Waals surface area contributed by atoms with Crippen molar-refractivity contribution < 1.29 is 0 Å². The van der Waals surface area contributed by atoms with Crippen molar-refractivity contribution in [3.63, 3.8) is 0 Å². The van der Waals surface area contributed by atoms with Gasteiger partial charge in [-0.05, 0) is 44.5 Å². The van der Waals surface area contributed by atoms with Crippen molar-refractivity contribution in [1.82, 2.24) is 0 Å². The summed E-state index contributed by atoms with van der Waals surface area (Å²) in [7, 11) is 0. The second-order valence-corrected chi connectivity index (χ2v) is 4.30. The van der Waals surface area contributed by atoms with Crippen LogP contribution in [-0.4, -0.2) is 12.6 Å². The van der Waals surface area contributed by atoms with E-state index in [1.165, 1.54) is 0 Å². The summed E-state index contributed by atoms with van der Waals surface area (Å²) >= 11 is 0. The maximum atomic E-state index is 8.65. The van der Waals surface area contributed by atoms with E-state index in [1.807, 2.05) is 19.1 Å². The van der Waals surface area contributed by atoms with E-state index in [0.717, 1.165) is 23.5 Å². The number of hydrogen-bond acceptors (Lipinski definition) is 3. The van der Waals surface area contributed by atoms with Gasteiger partial charge in [-0.2, -0.15) is 5.26 Å². The van der Waals surface area contributed by atoms with Crippen LogP contribution < -0.4 is 10.6 Å². The van der Waals surface area contributed by atoms with Crippen molar-refractivity contribution in [2.24, 2.45) is 0 Å². The van der Waals surface area contributed by atoms with Gasteiger partial charge in [-0.25, -0.2) is 0 Å². The maximum absolute atomic E-state index is 8.65. The Labute approximate surface area is 97.5 Å². The lowest BCUT2D eigenvalue weighted by Gasteiger charge is -2.28. The molecule has 0 saturated heterocycles. The Morgan fingerprint density at radius 1 is 1.38 bits per heavy atom. The van der Waals surface area contributed by atoms with Gasteiger partial charge in [-0.3, -0.25) is 0 Å². The molecule has 2 N–H and O–H groups in total. The molecule has 0 bridgehead atoms. The van der Waals surface area contributed by atoms with E-state index in [-0.39, 0.29) is 0 Å². The van der Waals surface area contributed by atoms with Crippen LogP contribution in [0.4, 0.5) is 11.4 Å². The fourth-order valence-corrected chi connectivity index (χ4v) is 1.81. The van der Waals surface area contributed by atoms with E-state index < -0.39 is 0 Å². The first kappa shape index (κ1) is 12.4. The smallest absolute Gasteiger partial charge is 0.0640 e. The molecule has 1 aromatic rings. The van der Waals surface area contributed by atoms with Crippen molar-refractivity contribution in [2.75, 3.05) is 17.2 Å². The highest BCUT2D eigenvalue weighted by Crippen LogP contribution is 2.22. The minimum absolute atomic E-state index is 0.370. The second kappa shape index (κ2) is 5.41. The number of aryl methyl sites for hydroxylation is 1. The van der Waals surface area contributed by atoms with Crippen LogP contribution in [-0.2, 0) is 0 Å². The molecule has 0 fully saturated rings. The first-order valence-corrected chi connectivity index (χ1v) is 5.55. The van der Waals surface area contributed by atoms with Gasteiger partial charge >= 0.3 is 0 Å². The first-order valence-electron chi connectivity index (χ1n) is 5.55. The summed E-state index contributed by atoms with van der Waals surface area (Å²) in [6.45, 7) is 7.02. The fraction of sp³-hybridized carbons (Fsp3) is 0.462. The summed E-state index contributed by atoms with van der Waals surface area (Å²) in [5.74, 6) is 0. The third-order valence-electron chi connectivity index (χ3n) is 2.50. The zero-order chi connectivity index (χ0) is 12.1. The third kappa shape index (κ3) is 3.16. The predicted molar refractivity (Wildman–Crippen MR) is 68.3 cm³/mol. The summed E-state index contributed by atoms with van der Waals surface area (Å²) in [5.41, 5.74) is 8.86. The molecule has 0 radical (unpaired) electrons. The maximum Gasteiger partial charge on any atom is 0.0640 e. The minimum atomic E-state index is 0.370. The molecular formula is C13H19N3. The average molecular weight is 217 g/mol. The van der Waals surface area contributed by atoms with Gasteiger partial charge in [0.1, 0.15) is 0 Å². The van der Waals surface area contributed by atoms with Crippen LogP contribution in [0.2, 0.25) is 0 Å². The zero-order valence-corrected chi connectivity index (χ0v) is 10.2. The van der Waals surface area contributed by atoms with Gasteiger partial charge in [0.15, 0.2) is 0 Å². The number of rotatable bonds is 4. The molecule has 86 valence electrons. The van der Waals surface area contributed by atoms with Gasteiger partial charge < -0.3 is 10.6 Å². The molecule has 1 aromatic carbocycles. The zero-order valence-electron chi connectivity index (χ0n) is 10.2. The Bertz CT molecular complexity index is 370. The second-order valence-electron chi connectivity index (χ2n) is 4.30. The summed E-state index contributed by atoms with van der Waals surface area (Å²) < 4.78 is 0. The highest BCUT2D eigenvalue weighted by Gasteiger charge is 2.10. The Kier molecular flexibility index (Phi) is 4.19. The third-order valence-corrected chi connectivity index (χ3v) is 2.50.